The van der Waals surface area contributed by atoms with Crippen LogP contribution >= 0.6 is 11.6 Å². The lowest BCUT2D eigenvalue weighted by atomic mass is 9.91. The van der Waals surface area contributed by atoms with E-state index in [4.69, 9.17) is 26.1 Å². The molecule has 0 N–H and O–H groups in total. The highest BCUT2D eigenvalue weighted by Gasteiger charge is 2.34. The number of nitriles is 1. The minimum atomic E-state index is -0.146. The third-order valence-electron chi connectivity index (χ3n) is 5.93. The number of aromatic nitrogens is 1. The summed E-state index contributed by atoms with van der Waals surface area (Å²) in [6.07, 6.45) is 3.64. The number of hydrogen-bond acceptors (Lipinski definition) is 5. The van der Waals surface area contributed by atoms with Crippen LogP contribution < -0.4 is 9.47 Å². The highest BCUT2D eigenvalue weighted by atomic mass is 35.5. The minimum absolute atomic E-state index is 0.135. The van der Waals surface area contributed by atoms with Crippen LogP contribution in [-0.2, 0) is 0 Å². The van der Waals surface area contributed by atoms with E-state index in [1.807, 2.05) is 48.5 Å². The number of hydrogen-bond donors (Lipinski definition) is 0. The van der Waals surface area contributed by atoms with Crippen molar-refractivity contribution in [3.8, 4) is 40.0 Å². The number of carbonyl (C=O) groups excluding carboxylic acids is 1. The molecule has 6 rings (SSSR count). The molecule has 0 atom stereocenters. The van der Waals surface area contributed by atoms with Gasteiger partial charge in [-0.15, -0.1) is 0 Å². The van der Waals surface area contributed by atoms with Gasteiger partial charge in [-0.1, -0.05) is 60.1 Å². The van der Waals surface area contributed by atoms with Gasteiger partial charge < -0.3 is 9.47 Å². The monoisotopic (exact) mass is 462 g/mol. The van der Waals surface area contributed by atoms with Gasteiger partial charge in [0.2, 0.25) is 6.79 Å². The molecule has 0 amide bonds. The minimum Gasteiger partial charge on any atom is -0.454 e. The lowest BCUT2D eigenvalue weighted by Crippen LogP contribution is -2.04. The first kappa shape index (κ1) is 20.2. The molecule has 0 bridgehead atoms. The lowest BCUT2D eigenvalue weighted by molar-refractivity contribution is 0.104. The van der Waals surface area contributed by atoms with Gasteiger partial charge in [-0.25, -0.2) is 4.98 Å². The molecule has 1 aromatic heterocycles. The van der Waals surface area contributed by atoms with E-state index >= 15 is 0 Å². The number of rotatable bonds is 3. The highest BCUT2D eigenvalue weighted by molar-refractivity contribution is 6.30. The van der Waals surface area contributed by atoms with Crippen molar-refractivity contribution in [2.75, 3.05) is 6.79 Å². The SMILES string of the molecule is N#Cc1c(/C=C/c2cccc(Cl)c2)nc2c(c1-c1ccc3c(c1)OCO3)C(=O)c1ccccc1-2. The van der Waals surface area contributed by atoms with Gasteiger partial charge >= 0.3 is 0 Å². The molecule has 5 nitrogen and oxygen atoms in total. The molecule has 3 aromatic carbocycles. The van der Waals surface area contributed by atoms with E-state index < -0.39 is 0 Å². The smallest absolute Gasteiger partial charge is 0.231 e. The number of nitrogens with zero attached hydrogens (tertiary/aromatic N) is 2. The summed E-state index contributed by atoms with van der Waals surface area (Å²) in [6, 6.07) is 22.5. The summed E-state index contributed by atoms with van der Waals surface area (Å²) in [5.41, 5.74) is 5.22. The summed E-state index contributed by atoms with van der Waals surface area (Å²) in [6.45, 7) is 0.135. The molecule has 1 aliphatic carbocycles. The van der Waals surface area contributed by atoms with Crippen LogP contribution in [0.5, 0.6) is 11.5 Å². The van der Waals surface area contributed by atoms with Gasteiger partial charge in [-0.05, 0) is 41.5 Å². The summed E-state index contributed by atoms with van der Waals surface area (Å²) in [5, 5.41) is 10.8. The Hall–Kier alpha value is -4.40. The summed E-state index contributed by atoms with van der Waals surface area (Å²) < 4.78 is 11.0. The number of benzene rings is 3. The summed E-state index contributed by atoms with van der Waals surface area (Å²) in [4.78, 5) is 18.3. The molecule has 0 spiro atoms. The van der Waals surface area contributed by atoms with E-state index in [2.05, 4.69) is 6.07 Å². The third kappa shape index (κ3) is 3.16. The Morgan fingerprint density at radius 2 is 1.74 bits per heavy atom. The largest absolute Gasteiger partial charge is 0.454 e. The number of ketones is 1. The molecule has 34 heavy (non-hydrogen) atoms. The predicted molar refractivity (Wildman–Crippen MR) is 130 cm³/mol. The van der Waals surface area contributed by atoms with Crippen molar-refractivity contribution in [2.24, 2.45) is 0 Å². The normalized spacial score (nSPS) is 13.1. The fraction of sp³-hybridized carbons (Fsp3) is 0.0357. The van der Waals surface area contributed by atoms with Crippen LogP contribution in [0.15, 0.2) is 66.7 Å². The van der Waals surface area contributed by atoms with E-state index in [0.29, 0.717) is 55.7 Å². The third-order valence-corrected chi connectivity index (χ3v) is 6.17. The fourth-order valence-electron chi connectivity index (χ4n) is 4.40. The number of halogens is 1. The number of pyridine rings is 1. The van der Waals surface area contributed by atoms with Crippen LogP contribution in [0.3, 0.4) is 0 Å². The second-order valence-corrected chi connectivity index (χ2v) is 8.35. The molecule has 1 aliphatic heterocycles. The van der Waals surface area contributed by atoms with Gasteiger partial charge in [0.25, 0.3) is 0 Å². The molecule has 162 valence electrons. The molecular formula is C28H15ClN2O3. The number of fused-ring (bicyclic) bond motifs is 4. The van der Waals surface area contributed by atoms with E-state index in [0.717, 1.165) is 11.1 Å². The quantitative estimate of drug-likeness (QED) is 0.311. The van der Waals surface area contributed by atoms with Crippen LogP contribution in [0, 0.1) is 11.3 Å². The van der Waals surface area contributed by atoms with Crippen LogP contribution in [-0.4, -0.2) is 17.6 Å². The van der Waals surface area contributed by atoms with Crippen LogP contribution in [0.2, 0.25) is 5.02 Å². The average molecular weight is 463 g/mol. The van der Waals surface area contributed by atoms with Crippen molar-refractivity contribution in [2.45, 2.75) is 0 Å². The van der Waals surface area contributed by atoms with Crippen molar-refractivity contribution in [1.29, 1.82) is 5.26 Å². The first-order valence-corrected chi connectivity index (χ1v) is 11.0. The standard InChI is InChI=1S/C28H15ClN2O3/c29-18-5-3-4-16(12-18)8-10-22-21(14-30)25(17-9-11-23-24(13-17)34-15-33-23)26-27(31-22)19-6-1-2-7-20(19)28(26)32/h1-13H,15H2/b10-8+. The number of carbonyl (C=O) groups is 1. The maximum atomic E-state index is 13.5. The summed E-state index contributed by atoms with van der Waals surface area (Å²) in [5.74, 6) is 1.06. The Morgan fingerprint density at radius 3 is 2.56 bits per heavy atom. The van der Waals surface area contributed by atoms with Crippen molar-refractivity contribution in [3.63, 3.8) is 0 Å². The molecule has 0 saturated heterocycles. The summed E-state index contributed by atoms with van der Waals surface area (Å²) >= 11 is 6.12. The van der Waals surface area contributed by atoms with Crippen molar-refractivity contribution in [3.05, 3.63) is 99.7 Å². The Balaban J connectivity index is 1.62. The zero-order chi connectivity index (χ0) is 23.2. The van der Waals surface area contributed by atoms with E-state index in [-0.39, 0.29) is 12.6 Å². The zero-order valence-electron chi connectivity index (χ0n) is 17.7. The first-order valence-electron chi connectivity index (χ1n) is 10.6. The van der Waals surface area contributed by atoms with Gasteiger partial charge in [0.1, 0.15) is 6.07 Å². The zero-order valence-corrected chi connectivity index (χ0v) is 18.5. The fourth-order valence-corrected chi connectivity index (χ4v) is 4.60. The maximum Gasteiger partial charge on any atom is 0.231 e. The lowest BCUT2D eigenvalue weighted by Gasteiger charge is -2.13. The first-order chi connectivity index (χ1) is 16.6. The molecule has 4 aromatic rings. The molecule has 2 aliphatic rings. The highest BCUT2D eigenvalue weighted by Crippen LogP contribution is 2.45. The maximum absolute atomic E-state index is 13.5. The van der Waals surface area contributed by atoms with Crippen molar-refractivity contribution >= 4 is 29.5 Å². The Kier molecular flexibility index (Phi) is 4.68. The topological polar surface area (TPSA) is 72.2 Å². The van der Waals surface area contributed by atoms with Gasteiger partial charge in [-0.2, -0.15) is 5.26 Å². The Bertz CT molecular complexity index is 1580. The second-order valence-electron chi connectivity index (χ2n) is 7.91. The molecule has 6 heteroatoms. The molecule has 0 fully saturated rings. The van der Waals surface area contributed by atoms with Crippen LogP contribution in [0.4, 0.5) is 0 Å². The van der Waals surface area contributed by atoms with E-state index in [1.165, 1.54) is 0 Å². The summed E-state index contributed by atoms with van der Waals surface area (Å²) in [7, 11) is 0. The van der Waals surface area contributed by atoms with E-state index in [9.17, 15) is 10.1 Å². The molecular weight excluding hydrogens is 448 g/mol. The Labute approximate surface area is 200 Å². The van der Waals surface area contributed by atoms with Crippen LogP contribution in [0.1, 0.15) is 32.7 Å². The van der Waals surface area contributed by atoms with Crippen LogP contribution in [0.25, 0.3) is 34.5 Å². The van der Waals surface area contributed by atoms with Gasteiger partial charge in [0, 0.05) is 21.7 Å². The van der Waals surface area contributed by atoms with E-state index in [1.54, 1.807) is 30.3 Å². The second kappa shape index (κ2) is 7.87. The van der Waals surface area contributed by atoms with Gasteiger partial charge in [-0.3, -0.25) is 4.79 Å². The van der Waals surface area contributed by atoms with Crippen molar-refractivity contribution in [1.82, 2.24) is 4.98 Å². The Morgan fingerprint density at radius 1 is 0.912 bits per heavy atom. The molecule has 0 unspecified atom stereocenters. The molecule has 2 heterocycles. The van der Waals surface area contributed by atoms with Gasteiger partial charge in [0.15, 0.2) is 17.3 Å². The van der Waals surface area contributed by atoms with Gasteiger partial charge in [0.05, 0.1) is 22.5 Å². The van der Waals surface area contributed by atoms with Crippen molar-refractivity contribution < 1.29 is 14.3 Å². The number of ether oxygens (including phenoxy) is 2. The molecule has 0 saturated carbocycles. The average Bonchev–Trinajstić information content (AvgIpc) is 3.44. The predicted octanol–water partition coefficient (Wildman–Crippen LogP) is 6.38. The molecule has 0 radical (unpaired) electrons.